The monoisotopic (exact) mass is 370 g/mol. The summed E-state index contributed by atoms with van der Waals surface area (Å²) in [6, 6.07) is 22.1. The Morgan fingerprint density at radius 3 is 2.46 bits per heavy atom. The molecular formula is C23H18N2O3. The lowest BCUT2D eigenvalue weighted by molar-refractivity contribution is 0.102. The van der Waals surface area contributed by atoms with E-state index in [1.54, 1.807) is 24.4 Å². The first kappa shape index (κ1) is 17.5. The van der Waals surface area contributed by atoms with Gasteiger partial charge in [0.1, 0.15) is 0 Å². The molecule has 0 saturated heterocycles. The maximum Gasteiger partial charge on any atom is 0.255 e. The standard InChI is InChI=1S/C23H18N2O3/c1-28-21-12-9-17-13-20(24-14-19(17)22(21)26)15-7-10-18(11-8-15)25-23(27)16-5-3-2-4-6-16/h2-14,26H,1H3,(H,25,27). The number of phenols is 1. The summed E-state index contributed by atoms with van der Waals surface area (Å²) >= 11 is 0. The van der Waals surface area contributed by atoms with Crippen molar-refractivity contribution in [2.75, 3.05) is 12.4 Å². The van der Waals surface area contributed by atoms with E-state index in [4.69, 9.17) is 4.74 Å². The first-order valence-electron chi connectivity index (χ1n) is 8.78. The van der Waals surface area contributed by atoms with E-state index in [2.05, 4.69) is 10.3 Å². The minimum atomic E-state index is -0.151. The molecule has 1 heterocycles. The third-order valence-corrected chi connectivity index (χ3v) is 4.53. The number of methoxy groups -OCH3 is 1. The Kier molecular flexibility index (Phi) is 4.64. The molecule has 1 amide bonds. The van der Waals surface area contributed by atoms with Gasteiger partial charge in [0, 0.05) is 28.4 Å². The average Bonchev–Trinajstić information content (AvgIpc) is 2.75. The Labute approximate surface area is 162 Å². The number of carbonyl (C=O) groups excluding carboxylic acids is 1. The molecule has 0 unspecified atom stereocenters. The zero-order valence-corrected chi connectivity index (χ0v) is 15.2. The molecule has 0 spiro atoms. The van der Waals surface area contributed by atoms with Crippen molar-refractivity contribution in [3.8, 4) is 22.8 Å². The van der Waals surface area contributed by atoms with Gasteiger partial charge in [0.2, 0.25) is 0 Å². The summed E-state index contributed by atoms with van der Waals surface area (Å²) in [4.78, 5) is 16.7. The Balaban J connectivity index is 1.57. The second-order valence-electron chi connectivity index (χ2n) is 6.30. The van der Waals surface area contributed by atoms with Crippen LogP contribution in [0.2, 0.25) is 0 Å². The fourth-order valence-corrected chi connectivity index (χ4v) is 3.02. The van der Waals surface area contributed by atoms with Crippen LogP contribution in [0.25, 0.3) is 22.0 Å². The smallest absolute Gasteiger partial charge is 0.255 e. The first-order valence-corrected chi connectivity index (χ1v) is 8.78. The third kappa shape index (κ3) is 3.38. The Morgan fingerprint density at radius 1 is 1.00 bits per heavy atom. The zero-order chi connectivity index (χ0) is 19.5. The molecule has 138 valence electrons. The summed E-state index contributed by atoms with van der Waals surface area (Å²) in [7, 11) is 1.51. The third-order valence-electron chi connectivity index (χ3n) is 4.53. The molecule has 5 heteroatoms. The molecule has 5 nitrogen and oxygen atoms in total. The van der Waals surface area contributed by atoms with Crippen LogP contribution in [0.5, 0.6) is 11.5 Å². The molecule has 3 aromatic carbocycles. The molecule has 4 aromatic rings. The van der Waals surface area contributed by atoms with Gasteiger partial charge in [-0.3, -0.25) is 9.78 Å². The van der Waals surface area contributed by atoms with Crippen molar-refractivity contribution in [2.24, 2.45) is 0 Å². The van der Waals surface area contributed by atoms with Crippen LogP contribution in [0.4, 0.5) is 5.69 Å². The number of phenolic OH excluding ortho intramolecular Hbond substituents is 1. The highest BCUT2D eigenvalue weighted by molar-refractivity contribution is 6.04. The van der Waals surface area contributed by atoms with E-state index >= 15 is 0 Å². The fraction of sp³-hybridized carbons (Fsp3) is 0.0435. The molecule has 0 fully saturated rings. The van der Waals surface area contributed by atoms with Gasteiger partial charge in [-0.25, -0.2) is 0 Å². The quantitative estimate of drug-likeness (QED) is 0.538. The lowest BCUT2D eigenvalue weighted by Crippen LogP contribution is -2.11. The lowest BCUT2D eigenvalue weighted by Gasteiger charge is -2.09. The molecule has 0 aliphatic rings. The summed E-state index contributed by atoms with van der Waals surface area (Å²) in [6.45, 7) is 0. The normalized spacial score (nSPS) is 10.6. The number of nitrogens with one attached hydrogen (secondary N) is 1. The average molecular weight is 370 g/mol. The summed E-state index contributed by atoms with van der Waals surface area (Å²) in [5.41, 5.74) is 3.01. The number of carbonyl (C=O) groups is 1. The van der Waals surface area contributed by atoms with Gasteiger partial charge < -0.3 is 15.2 Å². The largest absolute Gasteiger partial charge is 0.504 e. The number of hydrogen-bond acceptors (Lipinski definition) is 4. The van der Waals surface area contributed by atoms with Crippen molar-refractivity contribution in [1.82, 2.24) is 4.98 Å². The SMILES string of the molecule is COc1ccc2cc(-c3ccc(NC(=O)c4ccccc4)cc3)ncc2c1O. The number of rotatable bonds is 4. The summed E-state index contributed by atoms with van der Waals surface area (Å²) < 4.78 is 5.13. The zero-order valence-electron chi connectivity index (χ0n) is 15.2. The Hall–Kier alpha value is -3.86. The van der Waals surface area contributed by atoms with Crippen molar-refractivity contribution in [3.63, 3.8) is 0 Å². The van der Waals surface area contributed by atoms with Gasteiger partial charge in [0.05, 0.1) is 12.8 Å². The van der Waals surface area contributed by atoms with E-state index in [0.717, 1.165) is 16.6 Å². The lowest BCUT2D eigenvalue weighted by atomic mass is 10.1. The Morgan fingerprint density at radius 2 is 1.75 bits per heavy atom. The second kappa shape index (κ2) is 7.40. The highest BCUT2D eigenvalue weighted by Crippen LogP contribution is 2.35. The van der Waals surface area contributed by atoms with Crippen LogP contribution in [0.1, 0.15) is 10.4 Å². The molecule has 0 aliphatic heterocycles. The number of amides is 1. The molecular weight excluding hydrogens is 352 g/mol. The molecule has 0 bridgehead atoms. The number of nitrogens with zero attached hydrogens (tertiary/aromatic N) is 1. The number of hydrogen-bond donors (Lipinski definition) is 2. The summed E-state index contributed by atoms with van der Waals surface area (Å²) in [5, 5.41) is 14.6. The maximum atomic E-state index is 12.2. The summed E-state index contributed by atoms with van der Waals surface area (Å²) in [6.07, 6.45) is 1.63. The highest BCUT2D eigenvalue weighted by Gasteiger charge is 2.10. The van der Waals surface area contributed by atoms with Crippen LogP contribution in [-0.2, 0) is 0 Å². The minimum Gasteiger partial charge on any atom is -0.504 e. The van der Waals surface area contributed by atoms with E-state index in [1.165, 1.54) is 7.11 Å². The molecule has 0 saturated carbocycles. The molecule has 0 atom stereocenters. The minimum absolute atomic E-state index is 0.0815. The van der Waals surface area contributed by atoms with Gasteiger partial charge >= 0.3 is 0 Å². The van der Waals surface area contributed by atoms with Crippen LogP contribution in [0.3, 0.4) is 0 Å². The molecule has 28 heavy (non-hydrogen) atoms. The van der Waals surface area contributed by atoms with Gasteiger partial charge in [-0.1, -0.05) is 36.4 Å². The van der Waals surface area contributed by atoms with Gasteiger partial charge in [0.15, 0.2) is 11.5 Å². The first-order chi connectivity index (χ1) is 13.7. The van der Waals surface area contributed by atoms with E-state index in [0.29, 0.717) is 22.4 Å². The van der Waals surface area contributed by atoms with Gasteiger partial charge in [-0.15, -0.1) is 0 Å². The molecule has 1 aromatic heterocycles. The molecule has 4 rings (SSSR count). The van der Waals surface area contributed by atoms with Crippen molar-refractivity contribution >= 4 is 22.4 Å². The number of fused-ring (bicyclic) bond motifs is 1. The number of aromatic hydroxyl groups is 1. The number of ether oxygens (including phenoxy) is 1. The molecule has 2 N–H and O–H groups in total. The predicted molar refractivity (Wildman–Crippen MR) is 110 cm³/mol. The number of benzene rings is 3. The van der Waals surface area contributed by atoms with E-state index in [-0.39, 0.29) is 11.7 Å². The van der Waals surface area contributed by atoms with Crippen molar-refractivity contribution in [1.29, 1.82) is 0 Å². The molecule has 0 aliphatic carbocycles. The number of pyridine rings is 1. The topological polar surface area (TPSA) is 71.5 Å². The number of aromatic nitrogens is 1. The van der Waals surface area contributed by atoms with E-state index < -0.39 is 0 Å². The van der Waals surface area contributed by atoms with Crippen LogP contribution >= 0.6 is 0 Å². The predicted octanol–water partition coefficient (Wildman–Crippen LogP) is 4.87. The van der Waals surface area contributed by atoms with Crippen LogP contribution in [-0.4, -0.2) is 23.1 Å². The van der Waals surface area contributed by atoms with Crippen molar-refractivity contribution in [3.05, 3.63) is 84.6 Å². The van der Waals surface area contributed by atoms with Crippen LogP contribution < -0.4 is 10.1 Å². The highest BCUT2D eigenvalue weighted by atomic mass is 16.5. The fourth-order valence-electron chi connectivity index (χ4n) is 3.02. The number of anilines is 1. The van der Waals surface area contributed by atoms with E-state index in [9.17, 15) is 9.90 Å². The van der Waals surface area contributed by atoms with Crippen molar-refractivity contribution < 1.29 is 14.6 Å². The van der Waals surface area contributed by atoms with E-state index in [1.807, 2.05) is 54.6 Å². The van der Waals surface area contributed by atoms with Gasteiger partial charge in [-0.2, -0.15) is 0 Å². The molecule has 0 radical (unpaired) electrons. The second-order valence-corrected chi connectivity index (χ2v) is 6.30. The summed E-state index contributed by atoms with van der Waals surface area (Å²) in [5.74, 6) is 0.347. The van der Waals surface area contributed by atoms with Crippen molar-refractivity contribution in [2.45, 2.75) is 0 Å². The van der Waals surface area contributed by atoms with Crippen LogP contribution in [0, 0.1) is 0 Å². The maximum absolute atomic E-state index is 12.2. The van der Waals surface area contributed by atoms with Gasteiger partial charge in [0.25, 0.3) is 5.91 Å². The van der Waals surface area contributed by atoms with Gasteiger partial charge in [-0.05, 0) is 41.8 Å². The van der Waals surface area contributed by atoms with Crippen LogP contribution in [0.15, 0.2) is 79.0 Å². The Bertz CT molecular complexity index is 1140.